The van der Waals surface area contributed by atoms with Crippen LogP contribution in [0.5, 0.6) is 23.0 Å². The zero-order valence-corrected chi connectivity index (χ0v) is 16.6. The second-order valence-electron chi connectivity index (χ2n) is 5.48. The molecule has 29 heavy (non-hydrogen) atoms. The molecule has 154 valence electrons. The summed E-state index contributed by atoms with van der Waals surface area (Å²) in [4.78, 5) is 23.0. The fourth-order valence-electron chi connectivity index (χ4n) is 2.30. The van der Waals surface area contributed by atoms with E-state index in [-0.39, 0.29) is 22.1 Å². The molecule has 1 amide bonds. The average Bonchev–Trinajstić information content (AvgIpc) is 2.71. The Kier molecular flexibility index (Phi) is 7.67. The minimum absolute atomic E-state index is 0.0979. The predicted molar refractivity (Wildman–Crippen MR) is 106 cm³/mol. The molecule has 0 saturated carbocycles. The topological polar surface area (TPSA) is 116 Å². The predicted octanol–water partition coefficient (Wildman–Crippen LogP) is 2.59. The number of aliphatic carboxylic acids is 1. The molecule has 0 bridgehead atoms. The summed E-state index contributed by atoms with van der Waals surface area (Å²) in [6.07, 6.45) is 1.35. The first-order valence-electron chi connectivity index (χ1n) is 8.17. The number of hydrazone groups is 1. The molecular weight excluding hydrogens is 404 g/mol. The minimum atomic E-state index is -1.15. The fourth-order valence-corrected chi connectivity index (χ4v) is 2.57. The van der Waals surface area contributed by atoms with Crippen LogP contribution in [-0.2, 0) is 4.79 Å². The molecule has 0 heterocycles. The van der Waals surface area contributed by atoms with Crippen molar-refractivity contribution in [3.8, 4) is 23.0 Å². The highest BCUT2D eigenvalue weighted by molar-refractivity contribution is 6.32. The second kappa shape index (κ2) is 10.2. The van der Waals surface area contributed by atoms with E-state index in [4.69, 9.17) is 35.7 Å². The van der Waals surface area contributed by atoms with Gasteiger partial charge in [-0.05, 0) is 29.8 Å². The third-order valence-corrected chi connectivity index (χ3v) is 3.91. The molecular formula is C19H19ClN2O7. The van der Waals surface area contributed by atoms with Gasteiger partial charge in [0, 0.05) is 6.07 Å². The number of hydrogen-bond donors (Lipinski definition) is 2. The van der Waals surface area contributed by atoms with Gasteiger partial charge in [0.15, 0.2) is 18.1 Å². The number of nitrogens with one attached hydrogen (secondary N) is 1. The summed E-state index contributed by atoms with van der Waals surface area (Å²) in [6.45, 7) is -0.566. The van der Waals surface area contributed by atoms with E-state index in [0.717, 1.165) is 0 Å². The van der Waals surface area contributed by atoms with Crippen molar-refractivity contribution in [2.24, 2.45) is 5.10 Å². The number of carboxylic acids is 1. The number of rotatable bonds is 9. The zero-order valence-electron chi connectivity index (χ0n) is 15.9. The summed E-state index contributed by atoms with van der Waals surface area (Å²) in [5.41, 5.74) is 3.16. The largest absolute Gasteiger partial charge is 0.497 e. The number of benzene rings is 2. The highest BCUT2D eigenvalue weighted by Crippen LogP contribution is 2.36. The molecule has 10 heteroatoms. The second-order valence-corrected chi connectivity index (χ2v) is 5.89. The van der Waals surface area contributed by atoms with E-state index in [2.05, 4.69) is 10.5 Å². The van der Waals surface area contributed by atoms with Crippen LogP contribution in [0.4, 0.5) is 0 Å². The van der Waals surface area contributed by atoms with E-state index in [1.165, 1.54) is 39.7 Å². The number of carbonyl (C=O) groups is 2. The Morgan fingerprint density at radius 3 is 2.45 bits per heavy atom. The summed E-state index contributed by atoms with van der Waals surface area (Å²) < 4.78 is 20.6. The summed E-state index contributed by atoms with van der Waals surface area (Å²) in [5.74, 6) is -0.426. The maximum absolute atomic E-state index is 12.3. The van der Waals surface area contributed by atoms with Crippen LogP contribution < -0.4 is 24.4 Å². The first kappa shape index (κ1) is 21.8. The Morgan fingerprint density at radius 1 is 1.10 bits per heavy atom. The quantitative estimate of drug-likeness (QED) is 0.471. The van der Waals surface area contributed by atoms with Crippen molar-refractivity contribution < 1.29 is 33.6 Å². The lowest BCUT2D eigenvalue weighted by Crippen LogP contribution is -2.18. The van der Waals surface area contributed by atoms with Gasteiger partial charge >= 0.3 is 5.97 Å². The Bertz CT molecular complexity index is 931. The van der Waals surface area contributed by atoms with Gasteiger partial charge in [-0.3, -0.25) is 4.79 Å². The highest BCUT2D eigenvalue weighted by atomic mass is 35.5. The van der Waals surface area contributed by atoms with E-state index in [9.17, 15) is 9.59 Å². The van der Waals surface area contributed by atoms with Gasteiger partial charge in [0.1, 0.15) is 11.5 Å². The van der Waals surface area contributed by atoms with Crippen molar-refractivity contribution in [1.29, 1.82) is 0 Å². The van der Waals surface area contributed by atoms with Gasteiger partial charge in [-0.1, -0.05) is 11.6 Å². The Labute approximate surface area is 171 Å². The normalized spacial score (nSPS) is 10.5. The first-order valence-corrected chi connectivity index (χ1v) is 8.55. The van der Waals surface area contributed by atoms with E-state index in [1.54, 1.807) is 18.2 Å². The Morgan fingerprint density at radius 2 is 1.83 bits per heavy atom. The Hall–Kier alpha value is -3.46. The van der Waals surface area contributed by atoms with E-state index in [1.807, 2.05) is 0 Å². The zero-order chi connectivity index (χ0) is 21.4. The van der Waals surface area contributed by atoms with Crippen molar-refractivity contribution in [2.75, 3.05) is 27.9 Å². The highest BCUT2D eigenvalue weighted by Gasteiger charge is 2.14. The molecule has 2 rings (SSSR count). The number of nitrogens with zero attached hydrogens (tertiary/aromatic N) is 1. The number of carbonyl (C=O) groups excluding carboxylic acids is 1. The van der Waals surface area contributed by atoms with Crippen molar-refractivity contribution in [3.63, 3.8) is 0 Å². The van der Waals surface area contributed by atoms with Crippen molar-refractivity contribution in [2.45, 2.75) is 0 Å². The molecule has 0 spiro atoms. The van der Waals surface area contributed by atoms with Crippen molar-refractivity contribution in [3.05, 3.63) is 46.5 Å². The van der Waals surface area contributed by atoms with E-state index in [0.29, 0.717) is 17.1 Å². The van der Waals surface area contributed by atoms with Gasteiger partial charge in [-0.25, -0.2) is 10.2 Å². The van der Waals surface area contributed by atoms with Gasteiger partial charge in [0.2, 0.25) is 0 Å². The lowest BCUT2D eigenvalue weighted by atomic mass is 10.2. The third-order valence-electron chi connectivity index (χ3n) is 3.62. The molecule has 0 atom stereocenters. The third kappa shape index (κ3) is 5.76. The van der Waals surface area contributed by atoms with Gasteiger partial charge < -0.3 is 24.1 Å². The smallest absolute Gasteiger partial charge is 0.341 e. The van der Waals surface area contributed by atoms with Gasteiger partial charge in [0.05, 0.1) is 38.1 Å². The van der Waals surface area contributed by atoms with Crippen molar-refractivity contribution in [1.82, 2.24) is 5.43 Å². The molecule has 0 radical (unpaired) electrons. The summed E-state index contributed by atoms with van der Waals surface area (Å²) >= 11 is 6.13. The summed E-state index contributed by atoms with van der Waals surface area (Å²) in [7, 11) is 4.34. The number of hydrogen-bond acceptors (Lipinski definition) is 7. The number of carboxylic acid groups (broad SMARTS) is 1. The number of halogens is 1. The number of amides is 1. The molecule has 0 fully saturated rings. The van der Waals surface area contributed by atoms with E-state index < -0.39 is 18.5 Å². The van der Waals surface area contributed by atoms with Crippen LogP contribution in [0.2, 0.25) is 5.02 Å². The average molecular weight is 423 g/mol. The Balaban J connectivity index is 2.15. The molecule has 9 nitrogen and oxygen atoms in total. The number of ether oxygens (including phenoxy) is 4. The molecule has 0 aliphatic carbocycles. The monoisotopic (exact) mass is 422 g/mol. The molecule has 0 aliphatic rings. The maximum Gasteiger partial charge on any atom is 0.341 e. The van der Waals surface area contributed by atoms with Crippen LogP contribution in [0.3, 0.4) is 0 Å². The molecule has 2 aromatic carbocycles. The molecule has 2 aromatic rings. The van der Waals surface area contributed by atoms with Crippen LogP contribution in [-0.4, -0.2) is 51.1 Å². The van der Waals surface area contributed by atoms with Crippen LogP contribution in [0.25, 0.3) is 0 Å². The fraction of sp³-hybridized carbons (Fsp3) is 0.211. The molecule has 0 aromatic heterocycles. The summed E-state index contributed by atoms with van der Waals surface area (Å²) in [6, 6.07) is 7.79. The molecule has 0 unspecified atom stereocenters. The standard InChI is InChI=1S/C19H19ClN2O7/c1-26-12-4-5-13(15(8-12)27-2)19(25)22-21-9-11-6-14(20)18(16(7-11)28-3)29-10-17(23)24/h4-9H,10H2,1-3H3,(H,22,25)(H,23,24)/b21-9-. The summed E-state index contributed by atoms with van der Waals surface area (Å²) in [5, 5.41) is 12.8. The van der Waals surface area contributed by atoms with Crippen LogP contribution in [0, 0.1) is 0 Å². The first-order chi connectivity index (χ1) is 13.9. The number of methoxy groups -OCH3 is 3. The molecule has 0 saturated heterocycles. The van der Waals surface area contributed by atoms with Crippen molar-refractivity contribution >= 4 is 29.7 Å². The lowest BCUT2D eigenvalue weighted by Gasteiger charge is -2.12. The van der Waals surface area contributed by atoms with E-state index >= 15 is 0 Å². The van der Waals surface area contributed by atoms with Gasteiger partial charge in [-0.15, -0.1) is 0 Å². The lowest BCUT2D eigenvalue weighted by molar-refractivity contribution is -0.139. The minimum Gasteiger partial charge on any atom is -0.497 e. The van der Waals surface area contributed by atoms with Crippen LogP contribution >= 0.6 is 11.6 Å². The van der Waals surface area contributed by atoms with Gasteiger partial charge in [-0.2, -0.15) is 5.10 Å². The molecule has 0 aliphatic heterocycles. The maximum atomic E-state index is 12.3. The SMILES string of the molecule is COc1ccc(C(=O)N/N=C\c2cc(Cl)c(OCC(=O)O)c(OC)c2)c(OC)c1. The van der Waals surface area contributed by atoms with Crippen LogP contribution in [0.15, 0.2) is 35.4 Å². The van der Waals surface area contributed by atoms with Crippen LogP contribution in [0.1, 0.15) is 15.9 Å². The molecule has 2 N–H and O–H groups in total. The van der Waals surface area contributed by atoms with Gasteiger partial charge in [0.25, 0.3) is 5.91 Å².